The summed E-state index contributed by atoms with van der Waals surface area (Å²) < 4.78 is 6.19. The van der Waals surface area contributed by atoms with Gasteiger partial charge in [0.05, 0.1) is 24.9 Å². The highest BCUT2D eigenvalue weighted by Crippen LogP contribution is 2.29. The van der Waals surface area contributed by atoms with Crippen molar-refractivity contribution < 1.29 is 20.1 Å². The van der Waals surface area contributed by atoms with Crippen molar-refractivity contribution in [2.45, 2.75) is 37.8 Å². The van der Waals surface area contributed by atoms with Crippen LogP contribution in [0.15, 0.2) is 11.1 Å². The van der Waals surface area contributed by atoms with E-state index in [4.69, 9.17) is 9.84 Å². The third kappa shape index (κ3) is 3.01. The molecule has 15 heavy (non-hydrogen) atoms. The van der Waals surface area contributed by atoms with E-state index < -0.39 is 24.4 Å². The quantitative estimate of drug-likeness (QED) is 0.700. The van der Waals surface area contributed by atoms with E-state index >= 15 is 0 Å². The minimum absolute atomic E-state index is 0.157. The highest BCUT2D eigenvalue weighted by molar-refractivity contribution is 9.11. The molecule has 0 bridgehead atoms. The SMILES string of the molecule is C=C(Br)C[C@H]1O[C@@H](CO)[C@H](C)[C@@H](O)[C@@H]1O. The Morgan fingerprint density at radius 1 is 1.33 bits per heavy atom. The van der Waals surface area contributed by atoms with Gasteiger partial charge in [-0.05, 0) is 4.48 Å². The predicted molar refractivity (Wildman–Crippen MR) is 59.6 cm³/mol. The Kier molecular flexibility index (Phi) is 4.73. The van der Waals surface area contributed by atoms with Crippen LogP contribution in [0.4, 0.5) is 0 Å². The first-order chi connectivity index (χ1) is 6.97. The Bertz CT molecular complexity index is 231. The maximum atomic E-state index is 9.75. The van der Waals surface area contributed by atoms with Crippen molar-refractivity contribution in [2.24, 2.45) is 5.92 Å². The van der Waals surface area contributed by atoms with Crippen LogP contribution < -0.4 is 0 Å². The molecule has 0 amide bonds. The van der Waals surface area contributed by atoms with Gasteiger partial charge in [0.1, 0.15) is 6.10 Å². The number of aliphatic hydroxyl groups is 3. The van der Waals surface area contributed by atoms with Gasteiger partial charge < -0.3 is 20.1 Å². The van der Waals surface area contributed by atoms with Crippen molar-refractivity contribution in [1.82, 2.24) is 0 Å². The number of halogens is 1. The first-order valence-corrected chi connectivity index (χ1v) is 5.72. The lowest BCUT2D eigenvalue weighted by Gasteiger charge is -2.41. The molecule has 5 heteroatoms. The van der Waals surface area contributed by atoms with Gasteiger partial charge in [-0.1, -0.05) is 29.4 Å². The Morgan fingerprint density at radius 2 is 1.93 bits per heavy atom. The third-order valence-corrected chi connectivity index (χ3v) is 3.13. The van der Waals surface area contributed by atoms with Gasteiger partial charge in [-0.2, -0.15) is 0 Å². The summed E-state index contributed by atoms with van der Waals surface area (Å²) >= 11 is 3.18. The summed E-state index contributed by atoms with van der Waals surface area (Å²) in [5.74, 6) is -0.273. The fraction of sp³-hybridized carbons (Fsp3) is 0.800. The molecule has 0 aromatic heterocycles. The van der Waals surface area contributed by atoms with Crippen LogP contribution in [0.25, 0.3) is 0 Å². The van der Waals surface area contributed by atoms with E-state index in [1.54, 1.807) is 6.92 Å². The molecular weight excluding hydrogens is 264 g/mol. The molecule has 0 unspecified atom stereocenters. The molecule has 88 valence electrons. The Hall–Kier alpha value is 0.0600. The van der Waals surface area contributed by atoms with Gasteiger partial charge in [0, 0.05) is 12.3 Å². The molecule has 0 spiro atoms. The summed E-state index contributed by atoms with van der Waals surface area (Å²) in [4.78, 5) is 0. The van der Waals surface area contributed by atoms with Crippen molar-refractivity contribution in [1.29, 1.82) is 0 Å². The molecule has 1 fully saturated rings. The zero-order valence-corrected chi connectivity index (χ0v) is 10.2. The van der Waals surface area contributed by atoms with Gasteiger partial charge in [0.15, 0.2) is 0 Å². The van der Waals surface area contributed by atoms with Crippen LogP contribution in [0.5, 0.6) is 0 Å². The lowest BCUT2D eigenvalue weighted by Crippen LogP contribution is -2.54. The molecule has 1 aliphatic rings. The summed E-state index contributed by atoms with van der Waals surface area (Å²) in [7, 11) is 0. The van der Waals surface area contributed by atoms with Gasteiger partial charge in [-0.25, -0.2) is 0 Å². The van der Waals surface area contributed by atoms with Crippen LogP contribution in [0.3, 0.4) is 0 Å². The van der Waals surface area contributed by atoms with Crippen molar-refractivity contribution in [3.05, 3.63) is 11.1 Å². The van der Waals surface area contributed by atoms with E-state index in [9.17, 15) is 10.2 Å². The highest BCUT2D eigenvalue weighted by Gasteiger charge is 2.41. The molecule has 1 saturated heterocycles. The maximum absolute atomic E-state index is 9.75. The zero-order chi connectivity index (χ0) is 11.6. The lowest BCUT2D eigenvalue weighted by atomic mass is 9.87. The minimum Gasteiger partial charge on any atom is -0.394 e. The van der Waals surface area contributed by atoms with Crippen molar-refractivity contribution in [3.8, 4) is 0 Å². The molecule has 5 atom stereocenters. The van der Waals surface area contributed by atoms with E-state index in [-0.39, 0.29) is 12.5 Å². The summed E-state index contributed by atoms with van der Waals surface area (Å²) in [6, 6.07) is 0. The predicted octanol–water partition coefficient (Wildman–Crippen LogP) is 0.403. The van der Waals surface area contributed by atoms with Crippen molar-refractivity contribution in [2.75, 3.05) is 6.61 Å². The molecule has 0 saturated carbocycles. The Balaban J connectivity index is 2.69. The number of rotatable bonds is 3. The second-order valence-corrected chi connectivity index (χ2v) is 5.08. The van der Waals surface area contributed by atoms with Crippen LogP contribution in [0.1, 0.15) is 13.3 Å². The standard InChI is InChI=1S/C10H17BrO4/c1-5(11)3-7-10(14)9(13)6(2)8(4-12)15-7/h6-10,12-14H,1,3-4H2,2H3/t6-,7+,8-,9+,10+/m0/s1. The number of ether oxygens (including phenoxy) is 1. The van der Waals surface area contributed by atoms with Crippen LogP contribution in [-0.4, -0.2) is 46.3 Å². The molecule has 0 aromatic carbocycles. The van der Waals surface area contributed by atoms with Gasteiger partial charge >= 0.3 is 0 Å². The topological polar surface area (TPSA) is 69.9 Å². The smallest absolute Gasteiger partial charge is 0.107 e. The molecule has 1 rings (SSSR count). The zero-order valence-electron chi connectivity index (χ0n) is 8.64. The van der Waals surface area contributed by atoms with E-state index in [1.807, 2.05) is 0 Å². The van der Waals surface area contributed by atoms with Crippen LogP contribution in [0, 0.1) is 5.92 Å². The first-order valence-electron chi connectivity index (χ1n) is 4.93. The second kappa shape index (κ2) is 5.41. The largest absolute Gasteiger partial charge is 0.394 e. The van der Waals surface area contributed by atoms with E-state index in [0.717, 1.165) is 0 Å². The summed E-state index contributed by atoms with van der Waals surface area (Å²) in [5.41, 5.74) is 0. The highest BCUT2D eigenvalue weighted by atomic mass is 79.9. The number of hydrogen-bond donors (Lipinski definition) is 3. The molecule has 0 aliphatic carbocycles. The van der Waals surface area contributed by atoms with E-state index in [1.165, 1.54) is 0 Å². The summed E-state index contributed by atoms with van der Waals surface area (Å²) in [6.45, 7) is 5.25. The second-order valence-electron chi connectivity index (χ2n) is 3.96. The fourth-order valence-electron chi connectivity index (χ4n) is 1.78. The average Bonchev–Trinajstić information content (AvgIpc) is 2.18. The van der Waals surface area contributed by atoms with Crippen molar-refractivity contribution >= 4 is 15.9 Å². The van der Waals surface area contributed by atoms with Crippen LogP contribution in [0.2, 0.25) is 0 Å². The molecular formula is C10H17BrO4. The monoisotopic (exact) mass is 280 g/mol. The van der Waals surface area contributed by atoms with Crippen LogP contribution >= 0.6 is 15.9 Å². The number of aliphatic hydroxyl groups excluding tert-OH is 3. The van der Waals surface area contributed by atoms with E-state index in [2.05, 4.69) is 22.5 Å². The molecule has 1 heterocycles. The molecule has 0 radical (unpaired) electrons. The number of hydrogen-bond acceptors (Lipinski definition) is 4. The Labute approximate surface area is 97.7 Å². The van der Waals surface area contributed by atoms with Gasteiger partial charge in [-0.3, -0.25) is 0 Å². The van der Waals surface area contributed by atoms with Crippen molar-refractivity contribution in [3.63, 3.8) is 0 Å². The summed E-state index contributed by atoms with van der Waals surface area (Å²) in [6.07, 6.45) is -2.33. The third-order valence-electron chi connectivity index (χ3n) is 2.81. The van der Waals surface area contributed by atoms with E-state index in [0.29, 0.717) is 10.9 Å². The minimum atomic E-state index is -0.933. The molecule has 1 aliphatic heterocycles. The normalized spacial score (nSPS) is 41.5. The molecule has 3 N–H and O–H groups in total. The molecule has 0 aromatic rings. The average molecular weight is 281 g/mol. The summed E-state index contributed by atoms with van der Waals surface area (Å²) in [5, 5.41) is 28.6. The fourth-order valence-corrected chi connectivity index (χ4v) is 2.10. The Morgan fingerprint density at radius 3 is 2.40 bits per heavy atom. The maximum Gasteiger partial charge on any atom is 0.107 e. The van der Waals surface area contributed by atoms with Crippen LogP contribution in [-0.2, 0) is 4.74 Å². The van der Waals surface area contributed by atoms with Gasteiger partial charge in [-0.15, -0.1) is 0 Å². The molecule has 4 nitrogen and oxygen atoms in total. The van der Waals surface area contributed by atoms with Gasteiger partial charge in [0.2, 0.25) is 0 Å². The first kappa shape index (κ1) is 13.1. The lowest BCUT2D eigenvalue weighted by molar-refractivity contribution is -0.202. The van der Waals surface area contributed by atoms with Gasteiger partial charge in [0.25, 0.3) is 0 Å².